The van der Waals surface area contributed by atoms with E-state index in [-0.39, 0.29) is 18.6 Å². The molecule has 0 bridgehead atoms. The lowest BCUT2D eigenvalue weighted by Crippen LogP contribution is -2.57. The van der Waals surface area contributed by atoms with Crippen LogP contribution in [0.15, 0.2) is 53.2 Å². The average molecular weight is 501 g/mol. The Morgan fingerprint density at radius 3 is 2.73 bits per heavy atom. The Balaban J connectivity index is 1.25. The minimum absolute atomic E-state index is 0.127. The van der Waals surface area contributed by atoms with Gasteiger partial charge in [0.05, 0.1) is 17.3 Å². The van der Waals surface area contributed by atoms with Crippen LogP contribution in [-0.4, -0.2) is 74.0 Å². The number of carbonyl (C=O) groups excluding carboxylic acids is 1. The predicted octanol–water partition coefficient (Wildman–Crippen LogP) is 2.10. The van der Waals surface area contributed by atoms with Gasteiger partial charge in [0.15, 0.2) is 17.1 Å². The van der Waals surface area contributed by atoms with E-state index in [1.807, 2.05) is 31.3 Å². The molecule has 1 aliphatic heterocycles. The first-order chi connectivity index (χ1) is 18.1. The number of nitrogens with zero attached hydrogens (tertiary/aromatic N) is 7. The Morgan fingerprint density at radius 2 is 1.97 bits per heavy atom. The van der Waals surface area contributed by atoms with Gasteiger partial charge in [0.1, 0.15) is 13.2 Å². The van der Waals surface area contributed by atoms with Gasteiger partial charge in [-0.3, -0.25) is 9.78 Å². The zero-order valence-electron chi connectivity index (χ0n) is 20.3. The molecule has 0 spiro atoms. The predicted molar refractivity (Wildman–Crippen MR) is 132 cm³/mol. The Labute approximate surface area is 211 Å². The molecule has 188 valence electrons. The van der Waals surface area contributed by atoms with Crippen molar-refractivity contribution in [3.63, 3.8) is 0 Å². The third-order valence-corrected chi connectivity index (χ3v) is 6.15. The summed E-state index contributed by atoms with van der Waals surface area (Å²) in [6.45, 7) is 2.17. The summed E-state index contributed by atoms with van der Waals surface area (Å²) in [5, 5.41) is 22.0. The molecule has 1 fully saturated rings. The maximum Gasteiger partial charge on any atom is 0.253 e. The molecule has 0 radical (unpaired) electrons. The largest absolute Gasteiger partial charge is 0.470 e. The topological polar surface area (TPSA) is 133 Å². The van der Waals surface area contributed by atoms with Crippen LogP contribution in [0.4, 0.5) is 0 Å². The number of rotatable bonds is 8. The Bertz CT molecular complexity index is 1570. The molecule has 37 heavy (non-hydrogen) atoms. The Hall–Kier alpha value is -4.42. The minimum atomic E-state index is -0.127. The third-order valence-electron chi connectivity index (χ3n) is 6.15. The van der Waals surface area contributed by atoms with E-state index in [0.29, 0.717) is 46.7 Å². The second kappa shape index (κ2) is 9.56. The molecule has 1 amide bonds. The lowest BCUT2D eigenvalue weighted by Gasteiger charge is -2.36. The van der Waals surface area contributed by atoms with Crippen LogP contribution < -0.4 is 10.1 Å². The van der Waals surface area contributed by atoms with Crippen LogP contribution >= 0.6 is 0 Å². The molecule has 12 nitrogen and oxygen atoms in total. The van der Waals surface area contributed by atoms with E-state index in [0.717, 1.165) is 23.9 Å². The van der Waals surface area contributed by atoms with E-state index in [9.17, 15) is 4.79 Å². The Kier molecular flexibility index (Phi) is 5.94. The highest BCUT2D eigenvalue weighted by Crippen LogP contribution is 2.29. The van der Waals surface area contributed by atoms with Crippen molar-refractivity contribution in [2.75, 3.05) is 27.2 Å². The van der Waals surface area contributed by atoms with Gasteiger partial charge in [-0.2, -0.15) is 4.52 Å². The lowest BCUT2D eigenvalue weighted by molar-refractivity contribution is 0.0857. The van der Waals surface area contributed by atoms with E-state index in [2.05, 4.69) is 35.7 Å². The summed E-state index contributed by atoms with van der Waals surface area (Å²) in [6.07, 6.45) is 1.56. The van der Waals surface area contributed by atoms with Crippen molar-refractivity contribution in [2.45, 2.75) is 19.3 Å². The SMILES string of the molecule is COCc1cc(-c2nnc3c4ccccc4c(OCc4ccc(C(=O)NC5CN(C)C5)cn4)nn23)no1. The molecule has 1 aromatic carbocycles. The second-order valence-corrected chi connectivity index (χ2v) is 8.94. The van der Waals surface area contributed by atoms with Gasteiger partial charge in [0.25, 0.3) is 5.91 Å². The van der Waals surface area contributed by atoms with Gasteiger partial charge in [-0.05, 0) is 25.2 Å². The number of hydrogen-bond donors (Lipinski definition) is 1. The maximum atomic E-state index is 12.4. The van der Waals surface area contributed by atoms with Crippen molar-refractivity contribution in [3.8, 4) is 17.4 Å². The van der Waals surface area contributed by atoms with Crippen LogP contribution in [-0.2, 0) is 18.0 Å². The van der Waals surface area contributed by atoms with E-state index < -0.39 is 0 Å². The zero-order valence-corrected chi connectivity index (χ0v) is 20.3. The number of benzene rings is 1. The van der Waals surface area contributed by atoms with Gasteiger partial charge >= 0.3 is 0 Å². The number of fused-ring (bicyclic) bond motifs is 3. The number of likely N-dealkylation sites (N-methyl/N-ethyl adjacent to an activating group) is 1. The fourth-order valence-electron chi connectivity index (χ4n) is 4.29. The van der Waals surface area contributed by atoms with Gasteiger partial charge in [-0.1, -0.05) is 23.4 Å². The van der Waals surface area contributed by atoms with Gasteiger partial charge in [-0.15, -0.1) is 15.3 Å². The van der Waals surface area contributed by atoms with Crippen LogP contribution in [0.2, 0.25) is 0 Å². The van der Waals surface area contributed by atoms with Crippen molar-refractivity contribution < 1.29 is 18.8 Å². The van der Waals surface area contributed by atoms with Crippen LogP contribution in [0.1, 0.15) is 21.8 Å². The van der Waals surface area contributed by atoms with E-state index >= 15 is 0 Å². The number of carbonyl (C=O) groups is 1. The van der Waals surface area contributed by atoms with E-state index in [4.69, 9.17) is 14.0 Å². The molecule has 5 aromatic rings. The van der Waals surface area contributed by atoms with E-state index in [1.165, 1.54) is 0 Å². The van der Waals surface area contributed by atoms with Crippen LogP contribution in [0.25, 0.3) is 27.9 Å². The number of methoxy groups -OCH3 is 1. The second-order valence-electron chi connectivity index (χ2n) is 8.94. The Morgan fingerprint density at radius 1 is 1.14 bits per heavy atom. The first-order valence-electron chi connectivity index (χ1n) is 11.7. The van der Waals surface area contributed by atoms with Gasteiger partial charge in [0, 0.05) is 43.2 Å². The summed E-state index contributed by atoms with van der Waals surface area (Å²) < 4.78 is 18.1. The third kappa shape index (κ3) is 4.47. The summed E-state index contributed by atoms with van der Waals surface area (Å²) in [4.78, 5) is 19.0. The van der Waals surface area contributed by atoms with Gasteiger partial charge in [0.2, 0.25) is 11.7 Å². The highest BCUT2D eigenvalue weighted by molar-refractivity contribution is 5.97. The molecule has 5 heterocycles. The van der Waals surface area contributed by atoms with Crippen molar-refractivity contribution >= 4 is 22.3 Å². The highest BCUT2D eigenvalue weighted by atomic mass is 16.5. The molecule has 6 rings (SSSR count). The molecule has 1 N–H and O–H groups in total. The van der Waals surface area contributed by atoms with Gasteiger partial charge < -0.3 is 24.2 Å². The smallest absolute Gasteiger partial charge is 0.253 e. The molecule has 1 saturated heterocycles. The fourth-order valence-corrected chi connectivity index (χ4v) is 4.29. The van der Waals surface area contributed by atoms with Crippen LogP contribution in [0, 0.1) is 0 Å². The highest BCUT2D eigenvalue weighted by Gasteiger charge is 2.25. The normalized spacial score (nSPS) is 14.2. The number of amides is 1. The average Bonchev–Trinajstić information content (AvgIpc) is 3.54. The maximum absolute atomic E-state index is 12.4. The summed E-state index contributed by atoms with van der Waals surface area (Å²) >= 11 is 0. The van der Waals surface area contributed by atoms with Crippen LogP contribution in [0.3, 0.4) is 0 Å². The molecule has 4 aromatic heterocycles. The van der Waals surface area contributed by atoms with Crippen LogP contribution in [0.5, 0.6) is 5.88 Å². The molecule has 12 heteroatoms. The first-order valence-corrected chi connectivity index (χ1v) is 11.7. The summed E-state index contributed by atoms with van der Waals surface area (Å²) in [5.41, 5.74) is 2.23. The summed E-state index contributed by atoms with van der Waals surface area (Å²) in [6, 6.07) is 13.1. The van der Waals surface area contributed by atoms with Crippen molar-refractivity contribution in [1.29, 1.82) is 0 Å². The monoisotopic (exact) mass is 500 g/mol. The lowest BCUT2D eigenvalue weighted by atomic mass is 10.1. The standard InChI is InChI=1S/C25H24N8O4/c1-32-11-17(12-32)27-24(34)15-7-8-16(26-10-15)13-36-25-20-6-4-3-5-19(20)22-28-29-23(33(22)30-25)21-9-18(14-35-2)37-31-21/h3-10,17H,11-14H2,1-2H3,(H,27,34). The molecular weight excluding hydrogens is 476 g/mol. The molecule has 0 unspecified atom stereocenters. The summed E-state index contributed by atoms with van der Waals surface area (Å²) in [7, 11) is 3.60. The number of pyridine rings is 1. The fraction of sp³-hybridized carbons (Fsp3) is 0.280. The molecular formula is C25H24N8O4. The number of aromatic nitrogens is 6. The van der Waals surface area contributed by atoms with Crippen molar-refractivity contribution in [3.05, 3.63) is 65.7 Å². The van der Waals surface area contributed by atoms with Gasteiger partial charge in [-0.25, -0.2) is 0 Å². The molecule has 0 saturated carbocycles. The van der Waals surface area contributed by atoms with Crippen molar-refractivity contribution in [2.24, 2.45) is 0 Å². The first kappa shape index (κ1) is 23.0. The van der Waals surface area contributed by atoms with E-state index in [1.54, 1.807) is 36.0 Å². The number of ether oxygens (including phenoxy) is 2. The molecule has 0 aliphatic carbocycles. The zero-order chi connectivity index (χ0) is 25.4. The molecule has 0 atom stereocenters. The number of nitrogens with one attached hydrogen (secondary N) is 1. The number of likely N-dealkylation sites (tertiary alicyclic amines) is 1. The summed E-state index contributed by atoms with van der Waals surface area (Å²) in [5.74, 6) is 1.25. The number of hydrogen-bond acceptors (Lipinski definition) is 10. The minimum Gasteiger partial charge on any atom is -0.470 e. The molecule has 1 aliphatic rings. The van der Waals surface area contributed by atoms with Crippen molar-refractivity contribution in [1.82, 2.24) is 40.2 Å². The quantitative estimate of drug-likeness (QED) is 0.338.